The van der Waals surface area contributed by atoms with E-state index in [2.05, 4.69) is 5.32 Å². The summed E-state index contributed by atoms with van der Waals surface area (Å²) in [4.78, 5) is 48.1. The third-order valence-corrected chi connectivity index (χ3v) is 5.09. The number of hydrogen-bond acceptors (Lipinski definition) is 6. The van der Waals surface area contributed by atoms with Gasteiger partial charge in [-0.1, -0.05) is 0 Å². The van der Waals surface area contributed by atoms with E-state index in [9.17, 15) is 23.6 Å². The lowest BCUT2D eigenvalue weighted by atomic mass is 9.96. The first-order chi connectivity index (χ1) is 13.3. The highest BCUT2D eigenvalue weighted by Gasteiger charge is 2.26. The number of benzene rings is 1. The van der Waals surface area contributed by atoms with Gasteiger partial charge in [0.1, 0.15) is 5.82 Å². The van der Waals surface area contributed by atoms with Crippen LogP contribution < -0.4 is 11.1 Å². The van der Waals surface area contributed by atoms with E-state index in [-0.39, 0.29) is 41.8 Å². The Bertz CT molecular complexity index is 720. The van der Waals surface area contributed by atoms with Gasteiger partial charge in [-0.2, -0.15) is 0 Å². The average molecular weight is 411 g/mol. The van der Waals surface area contributed by atoms with Gasteiger partial charge >= 0.3 is 5.97 Å². The minimum Gasteiger partial charge on any atom is -0.455 e. The number of halogens is 1. The molecule has 0 saturated carbocycles. The Balaban J connectivity index is 1.59. The van der Waals surface area contributed by atoms with Crippen molar-refractivity contribution in [3.63, 3.8) is 0 Å². The van der Waals surface area contributed by atoms with Gasteiger partial charge in [0.2, 0.25) is 11.8 Å². The smallest absolute Gasteiger partial charge is 0.316 e. The summed E-state index contributed by atoms with van der Waals surface area (Å²) in [7, 11) is 0. The molecule has 0 radical (unpaired) electrons. The SMILES string of the molecule is NC(=O)C1CCN(C(=O)COC(=O)CSCC(=O)Nc2ccc(F)cc2)CC1. The zero-order valence-corrected chi connectivity index (χ0v) is 16.0. The monoisotopic (exact) mass is 411 g/mol. The normalized spacial score (nSPS) is 14.4. The first kappa shape index (κ1) is 21.7. The number of amides is 3. The van der Waals surface area contributed by atoms with E-state index in [1.807, 2.05) is 0 Å². The standard InChI is InChI=1S/C18H22FN3O5S/c19-13-1-3-14(4-2-13)21-15(23)10-28-11-17(25)27-9-16(24)22-7-5-12(6-8-22)18(20)26/h1-4,12H,5-11H2,(H2,20,26)(H,21,23). The topological polar surface area (TPSA) is 119 Å². The Morgan fingerprint density at radius 3 is 2.39 bits per heavy atom. The summed E-state index contributed by atoms with van der Waals surface area (Å²) in [6.07, 6.45) is 1.02. The lowest BCUT2D eigenvalue weighted by molar-refractivity contribution is -0.150. The Labute approximate surface area is 166 Å². The van der Waals surface area contributed by atoms with Gasteiger partial charge in [-0.3, -0.25) is 19.2 Å². The van der Waals surface area contributed by atoms with E-state index in [0.717, 1.165) is 11.8 Å². The summed E-state index contributed by atoms with van der Waals surface area (Å²) in [5.41, 5.74) is 5.70. The number of esters is 1. The molecule has 3 N–H and O–H groups in total. The molecule has 1 heterocycles. The minimum absolute atomic E-state index is 0.0149. The molecule has 1 saturated heterocycles. The molecule has 0 unspecified atom stereocenters. The maximum Gasteiger partial charge on any atom is 0.316 e. The molecule has 8 nitrogen and oxygen atoms in total. The molecule has 1 aromatic rings. The largest absolute Gasteiger partial charge is 0.455 e. The van der Waals surface area contributed by atoms with Crippen LogP contribution in [-0.4, -0.2) is 59.8 Å². The van der Waals surface area contributed by atoms with Crippen molar-refractivity contribution in [3.05, 3.63) is 30.1 Å². The number of anilines is 1. The zero-order chi connectivity index (χ0) is 20.5. The number of nitrogens with zero attached hydrogens (tertiary/aromatic N) is 1. The molecule has 0 bridgehead atoms. The van der Waals surface area contributed by atoms with E-state index in [0.29, 0.717) is 31.6 Å². The van der Waals surface area contributed by atoms with Crippen LogP contribution in [0.5, 0.6) is 0 Å². The third-order valence-electron chi connectivity index (χ3n) is 4.19. The fourth-order valence-electron chi connectivity index (χ4n) is 2.65. The quantitative estimate of drug-likeness (QED) is 0.610. The third kappa shape index (κ3) is 7.18. The van der Waals surface area contributed by atoms with Crippen LogP contribution in [0, 0.1) is 11.7 Å². The predicted molar refractivity (Wildman–Crippen MR) is 102 cm³/mol. The van der Waals surface area contributed by atoms with Crippen molar-refractivity contribution in [3.8, 4) is 0 Å². The van der Waals surface area contributed by atoms with Crippen molar-refractivity contribution in [2.75, 3.05) is 36.5 Å². The lowest BCUT2D eigenvalue weighted by Crippen LogP contribution is -2.43. The highest BCUT2D eigenvalue weighted by atomic mass is 32.2. The zero-order valence-electron chi connectivity index (χ0n) is 15.2. The molecule has 1 aromatic carbocycles. The van der Waals surface area contributed by atoms with Crippen LogP contribution in [0.1, 0.15) is 12.8 Å². The second kappa shape index (κ2) is 10.6. The number of ether oxygens (including phenoxy) is 1. The van der Waals surface area contributed by atoms with E-state index in [1.54, 1.807) is 0 Å². The van der Waals surface area contributed by atoms with Crippen LogP contribution >= 0.6 is 11.8 Å². The highest BCUT2D eigenvalue weighted by molar-refractivity contribution is 8.00. The van der Waals surface area contributed by atoms with Gasteiger partial charge in [-0.15, -0.1) is 11.8 Å². The van der Waals surface area contributed by atoms with Gasteiger partial charge in [0.15, 0.2) is 6.61 Å². The molecule has 2 rings (SSSR count). The molecule has 1 fully saturated rings. The number of primary amides is 1. The van der Waals surface area contributed by atoms with E-state index in [1.165, 1.54) is 29.2 Å². The minimum atomic E-state index is -0.597. The number of likely N-dealkylation sites (tertiary alicyclic amines) is 1. The van der Waals surface area contributed by atoms with Gasteiger partial charge in [-0.25, -0.2) is 4.39 Å². The molecule has 152 valence electrons. The Morgan fingerprint density at radius 1 is 1.14 bits per heavy atom. The summed E-state index contributed by atoms with van der Waals surface area (Å²) in [5.74, 6) is -2.30. The van der Waals surface area contributed by atoms with Crippen LogP contribution in [0.25, 0.3) is 0 Å². The molecule has 10 heteroatoms. The highest BCUT2D eigenvalue weighted by Crippen LogP contribution is 2.16. The average Bonchev–Trinajstić information content (AvgIpc) is 2.68. The molecule has 28 heavy (non-hydrogen) atoms. The molecule has 0 aliphatic carbocycles. The maximum atomic E-state index is 12.8. The lowest BCUT2D eigenvalue weighted by Gasteiger charge is -2.30. The number of carbonyl (C=O) groups excluding carboxylic acids is 4. The van der Waals surface area contributed by atoms with Crippen LogP contribution in [-0.2, 0) is 23.9 Å². The number of rotatable bonds is 8. The van der Waals surface area contributed by atoms with Crippen LogP contribution in [0.3, 0.4) is 0 Å². The summed E-state index contributed by atoms with van der Waals surface area (Å²) in [6.45, 7) is 0.438. The maximum absolute atomic E-state index is 12.8. The van der Waals surface area contributed by atoms with Gasteiger partial charge in [0, 0.05) is 24.7 Å². The van der Waals surface area contributed by atoms with E-state index in [4.69, 9.17) is 10.5 Å². The Hall–Kier alpha value is -2.62. The molecular weight excluding hydrogens is 389 g/mol. The number of nitrogens with one attached hydrogen (secondary N) is 1. The van der Waals surface area contributed by atoms with Gasteiger partial charge in [-0.05, 0) is 37.1 Å². The van der Waals surface area contributed by atoms with Gasteiger partial charge in [0.05, 0.1) is 11.5 Å². The molecule has 0 aromatic heterocycles. The van der Waals surface area contributed by atoms with Crippen molar-refractivity contribution in [2.24, 2.45) is 11.7 Å². The number of piperidine rings is 1. The van der Waals surface area contributed by atoms with Gasteiger partial charge in [0.25, 0.3) is 5.91 Å². The van der Waals surface area contributed by atoms with Crippen LogP contribution in [0.2, 0.25) is 0 Å². The predicted octanol–water partition coefficient (Wildman–Crippen LogP) is 0.764. The summed E-state index contributed by atoms with van der Waals surface area (Å²) >= 11 is 1.05. The first-order valence-electron chi connectivity index (χ1n) is 8.71. The summed E-state index contributed by atoms with van der Waals surface area (Å²) in [5, 5.41) is 2.58. The number of carbonyl (C=O) groups is 4. The molecule has 1 aliphatic heterocycles. The summed E-state index contributed by atoms with van der Waals surface area (Å²) < 4.78 is 17.7. The van der Waals surface area contributed by atoms with Crippen molar-refractivity contribution in [1.82, 2.24) is 4.90 Å². The van der Waals surface area contributed by atoms with E-state index >= 15 is 0 Å². The molecule has 0 spiro atoms. The van der Waals surface area contributed by atoms with Crippen molar-refractivity contribution in [2.45, 2.75) is 12.8 Å². The fraction of sp³-hybridized carbons (Fsp3) is 0.444. The number of thioether (sulfide) groups is 1. The second-order valence-corrected chi connectivity index (χ2v) is 7.25. The van der Waals surface area contributed by atoms with Crippen molar-refractivity contribution in [1.29, 1.82) is 0 Å². The van der Waals surface area contributed by atoms with Crippen LogP contribution in [0.15, 0.2) is 24.3 Å². The summed E-state index contributed by atoms with van der Waals surface area (Å²) in [6, 6.07) is 5.33. The number of hydrogen-bond donors (Lipinski definition) is 2. The van der Waals surface area contributed by atoms with Gasteiger partial charge < -0.3 is 20.7 Å². The van der Waals surface area contributed by atoms with Crippen molar-refractivity contribution >= 4 is 41.1 Å². The molecule has 1 aliphatic rings. The second-order valence-electron chi connectivity index (χ2n) is 6.27. The van der Waals surface area contributed by atoms with Crippen molar-refractivity contribution < 1.29 is 28.3 Å². The molecular formula is C18H22FN3O5S. The van der Waals surface area contributed by atoms with E-state index < -0.39 is 11.8 Å². The fourth-order valence-corrected chi connectivity index (χ4v) is 3.26. The Morgan fingerprint density at radius 2 is 1.79 bits per heavy atom. The first-order valence-corrected chi connectivity index (χ1v) is 9.86. The number of nitrogens with two attached hydrogens (primary N) is 1. The molecule has 3 amide bonds. The molecule has 0 atom stereocenters. The van der Waals surface area contributed by atoms with Crippen LogP contribution in [0.4, 0.5) is 10.1 Å². The Kier molecular flexibility index (Phi) is 8.24.